The Bertz CT molecular complexity index is 1570. The molecule has 0 bridgehead atoms. The third kappa shape index (κ3) is 4.69. The van der Waals surface area contributed by atoms with Crippen molar-refractivity contribution in [2.45, 2.75) is 19.4 Å². The van der Waals surface area contributed by atoms with Gasteiger partial charge in [-0.15, -0.1) is 0 Å². The lowest BCUT2D eigenvalue weighted by Gasteiger charge is -2.36. The summed E-state index contributed by atoms with van der Waals surface area (Å²) in [6.07, 6.45) is 11.2. The largest absolute Gasteiger partial charge is 0.351 e. The van der Waals surface area contributed by atoms with Crippen molar-refractivity contribution in [3.63, 3.8) is 0 Å². The van der Waals surface area contributed by atoms with E-state index in [9.17, 15) is 4.39 Å². The average molecular weight is 527 g/mol. The third-order valence-electron chi connectivity index (χ3n) is 7.45. The Kier molecular flexibility index (Phi) is 6.43. The van der Waals surface area contributed by atoms with Gasteiger partial charge in [0.25, 0.3) is 0 Å². The molecule has 1 fully saturated rings. The molecule has 0 amide bonds. The molecule has 1 N–H and O–H groups in total. The van der Waals surface area contributed by atoms with E-state index in [1.165, 1.54) is 12.1 Å². The molecule has 0 spiro atoms. The highest BCUT2D eigenvalue weighted by molar-refractivity contribution is 5.77. The molecule has 5 heterocycles. The Morgan fingerprint density at radius 2 is 1.59 bits per heavy atom. The number of hydrogen-bond donors (Lipinski definition) is 1. The molecular weight excluding hydrogens is 495 g/mol. The molecular formula is C28H31FN10. The zero-order chi connectivity index (χ0) is 27.0. The van der Waals surface area contributed by atoms with Crippen LogP contribution < -0.4 is 15.1 Å². The summed E-state index contributed by atoms with van der Waals surface area (Å²) in [5.74, 6) is 1.36. The van der Waals surface area contributed by atoms with Gasteiger partial charge in [-0.05, 0) is 37.2 Å². The molecule has 10 nitrogen and oxygen atoms in total. The minimum absolute atomic E-state index is 0.253. The first-order valence-corrected chi connectivity index (χ1v) is 13.1. The average Bonchev–Trinajstić information content (AvgIpc) is 3.60. The van der Waals surface area contributed by atoms with Gasteiger partial charge in [-0.2, -0.15) is 10.2 Å². The van der Waals surface area contributed by atoms with Crippen molar-refractivity contribution in [1.82, 2.24) is 39.7 Å². The molecule has 6 rings (SSSR count). The highest BCUT2D eigenvalue weighted by Crippen LogP contribution is 2.30. The van der Waals surface area contributed by atoms with Crippen molar-refractivity contribution in [2.75, 3.05) is 42.5 Å². The van der Waals surface area contributed by atoms with Crippen molar-refractivity contribution < 1.29 is 4.39 Å². The van der Waals surface area contributed by atoms with E-state index in [4.69, 9.17) is 9.97 Å². The maximum absolute atomic E-state index is 13.5. The molecule has 1 aromatic carbocycles. The van der Waals surface area contributed by atoms with Crippen LogP contribution in [0.15, 0.2) is 67.6 Å². The number of fused-ring (bicyclic) bond motifs is 1. The van der Waals surface area contributed by atoms with Crippen LogP contribution in [0.3, 0.4) is 0 Å². The molecule has 0 saturated carbocycles. The van der Waals surface area contributed by atoms with E-state index in [2.05, 4.69) is 50.2 Å². The maximum Gasteiger partial charge on any atom is 0.225 e. The van der Waals surface area contributed by atoms with Crippen LogP contribution in [0.4, 0.5) is 16.2 Å². The van der Waals surface area contributed by atoms with E-state index in [0.29, 0.717) is 5.95 Å². The quantitative estimate of drug-likeness (QED) is 0.346. The smallest absolute Gasteiger partial charge is 0.225 e. The van der Waals surface area contributed by atoms with Gasteiger partial charge in [-0.3, -0.25) is 4.68 Å². The van der Waals surface area contributed by atoms with Gasteiger partial charge in [0.05, 0.1) is 11.7 Å². The van der Waals surface area contributed by atoms with Crippen LogP contribution in [-0.4, -0.2) is 67.1 Å². The summed E-state index contributed by atoms with van der Waals surface area (Å²) < 4.78 is 17.2. The molecule has 5 aromatic rings. The van der Waals surface area contributed by atoms with Crippen LogP contribution in [0.25, 0.3) is 16.6 Å². The predicted molar refractivity (Wildman–Crippen MR) is 148 cm³/mol. The van der Waals surface area contributed by atoms with Crippen molar-refractivity contribution in [2.24, 2.45) is 7.05 Å². The van der Waals surface area contributed by atoms with Crippen molar-refractivity contribution >= 4 is 17.3 Å². The molecule has 0 radical (unpaired) electrons. The topological polar surface area (TPSA) is 92.3 Å². The van der Waals surface area contributed by atoms with Crippen LogP contribution in [0.5, 0.6) is 0 Å². The van der Waals surface area contributed by atoms with E-state index in [0.717, 1.165) is 66.3 Å². The summed E-state index contributed by atoms with van der Waals surface area (Å²) in [6, 6.07) is 8.69. The summed E-state index contributed by atoms with van der Waals surface area (Å²) in [6.45, 7) is 7.99. The Labute approximate surface area is 226 Å². The van der Waals surface area contributed by atoms with E-state index < -0.39 is 5.54 Å². The fourth-order valence-electron chi connectivity index (χ4n) is 5.26. The number of benzene rings is 1. The Morgan fingerprint density at radius 1 is 0.872 bits per heavy atom. The van der Waals surface area contributed by atoms with Gasteiger partial charge in [-0.25, -0.2) is 23.9 Å². The molecule has 4 aromatic heterocycles. The Hall–Kier alpha value is -4.38. The number of hydrogen-bond acceptors (Lipinski definition) is 8. The van der Waals surface area contributed by atoms with Crippen LogP contribution in [0.2, 0.25) is 0 Å². The third-order valence-corrected chi connectivity index (χ3v) is 7.45. The van der Waals surface area contributed by atoms with Crippen LogP contribution >= 0.6 is 0 Å². The molecule has 39 heavy (non-hydrogen) atoms. The second-order valence-corrected chi connectivity index (χ2v) is 9.95. The first-order chi connectivity index (χ1) is 18.9. The highest BCUT2D eigenvalue weighted by atomic mass is 19.1. The van der Waals surface area contributed by atoms with E-state index >= 15 is 0 Å². The van der Waals surface area contributed by atoms with E-state index in [1.807, 2.05) is 42.5 Å². The number of piperazine rings is 1. The summed E-state index contributed by atoms with van der Waals surface area (Å²) in [5, 5.41) is 12.2. The first kappa shape index (κ1) is 24.9. The molecule has 1 saturated heterocycles. The monoisotopic (exact) mass is 526 g/mol. The molecule has 1 aliphatic heterocycles. The zero-order valence-corrected chi connectivity index (χ0v) is 22.3. The molecule has 11 heteroatoms. The molecule has 200 valence electrons. The predicted octanol–water partition coefficient (Wildman–Crippen LogP) is 3.26. The minimum Gasteiger partial charge on any atom is -0.351 e. The maximum atomic E-state index is 13.5. The SMILES string of the molecule is CCN[C@@](C)(c1ccc(F)cc1)c1cnc(N2CCN(c3ncnn4cc(-c5cnn(C)c5)cc34)CC2)nc1. The minimum atomic E-state index is -0.524. The standard InChI is InChI=1S/C28H31FN10/c1-4-33-28(2,22-5-7-24(29)8-6-22)23-15-30-27(31-16-23)38-11-9-37(10-12-38)26-25-13-20(18-39(25)35-19-32-26)21-14-34-36(3)17-21/h5-8,13-19,33H,4,9-12H2,1-3H3/t28-/m0/s1. The van der Waals surface area contributed by atoms with Crippen LogP contribution in [-0.2, 0) is 12.6 Å². The fraction of sp³-hybridized carbons (Fsp3) is 0.321. The Balaban J connectivity index is 1.18. The first-order valence-electron chi connectivity index (χ1n) is 13.1. The number of aryl methyl sites for hydroxylation is 1. The van der Waals surface area contributed by atoms with Crippen molar-refractivity contribution in [3.05, 3.63) is 84.6 Å². The summed E-state index contributed by atoms with van der Waals surface area (Å²) in [7, 11) is 1.91. The second-order valence-electron chi connectivity index (χ2n) is 9.95. The lowest BCUT2D eigenvalue weighted by atomic mass is 9.86. The second kappa shape index (κ2) is 10.1. The fourth-order valence-corrected chi connectivity index (χ4v) is 5.26. The Morgan fingerprint density at radius 3 is 2.26 bits per heavy atom. The van der Waals surface area contributed by atoms with Gasteiger partial charge >= 0.3 is 0 Å². The molecule has 0 aliphatic carbocycles. The van der Waals surface area contributed by atoms with Gasteiger partial charge in [0.1, 0.15) is 17.7 Å². The number of rotatable bonds is 7. The highest BCUT2D eigenvalue weighted by Gasteiger charge is 2.29. The zero-order valence-electron chi connectivity index (χ0n) is 22.3. The van der Waals surface area contributed by atoms with Gasteiger partial charge in [0.15, 0.2) is 5.82 Å². The number of nitrogens with zero attached hydrogens (tertiary/aromatic N) is 9. The van der Waals surface area contributed by atoms with Crippen molar-refractivity contribution in [3.8, 4) is 11.1 Å². The summed E-state index contributed by atoms with van der Waals surface area (Å²) in [4.78, 5) is 18.6. The number of aromatic nitrogens is 7. The van der Waals surface area contributed by atoms with Gasteiger partial charge in [0, 0.05) is 74.7 Å². The van der Waals surface area contributed by atoms with Crippen LogP contribution in [0.1, 0.15) is 25.0 Å². The number of halogens is 1. The number of anilines is 2. The van der Waals surface area contributed by atoms with Crippen molar-refractivity contribution in [1.29, 1.82) is 0 Å². The number of nitrogens with one attached hydrogen (secondary N) is 1. The lowest BCUT2D eigenvalue weighted by Crippen LogP contribution is -2.47. The van der Waals surface area contributed by atoms with Crippen LogP contribution in [0, 0.1) is 5.82 Å². The molecule has 1 aliphatic rings. The van der Waals surface area contributed by atoms with Gasteiger partial charge < -0.3 is 15.1 Å². The molecule has 1 atom stereocenters. The normalized spacial score (nSPS) is 15.6. The molecule has 0 unspecified atom stereocenters. The lowest BCUT2D eigenvalue weighted by molar-refractivity contribution is 0.448. The summed E-state index contributed by atoms with van der Waals surface area (Å²) >= 11 is 0. The van der Waals surface area contributed by atoms with Gasteiger partial charge in [0.2, 0.25) is 5.95 Å². The van der Waals surface area contributed by atoms with Gasteiger partial charge in [-0.1, -0.05) is 19.1 Å². The van der Waals surface area contributed by atoms with E-state index in [-0.39, 0.29) is 5.82 Å². The summed E-state index contributed by atoms with van der Waals surface area (Å²) in [5.41, 5.74) is 4.44. The van der Waals surface area contributed by atoms with E-state index in [1.54, 1.807) is 23.1 Å².